The second-order valence-corrected chi connectivity index (χ2v) is 25.0. The lowest BCUT2D eigenvalue weighted by molar-refractivity contribution is -0.161. The maximum Gasteiger partial charge on any atom is 0.306 e. The van der Waals surface area contributed by atoms with Gasteiger partial charge in [0.2, 0.25) is 0 Å². The van der Waals surface area contributed by atoms with Crippen molar-refractivity contribution in [2.45, 2.75) is 437 Å². The van der Waals surface area contributed by atoms with Gasteiger partial charge in [-0.2, -0.15) is 0 Å². The lowest BCUT2D eigenvalue weighted by Gasteiger charge is -2.15. The van der Waals surface area contributed by atoms with Crippen molar-refractivity contribution in [3.63, 3.8) is 0 Å². The van der Waals surface area contributed by atoms with Crippen LogP contribution in [0.4, 0.5) is 0 Å². The molecule has 0 saturated heterocycles. The third kappa shape index (κ3) is 67.3. The smallest absolute Gasteiger partial charge is 0.306 e. The van der Waals surface area contributed by atoms with Gasteiger partial charge in [0.15, 0.2) is 6.10 Å². The van der Waals surface area contributed by atoms with E-state index in [2.05, 4.69) is 13.8 Å². The molecule has 5 heteroatoms. The molecule has 5 nitrogen and oxygen atoms in total. The van der Waals surface area contributed by atoms with Gasteiger partial charge in [-0.1, -0.05) is 406 Å². The van der Waals surface area contributed by atoms with Gasteiger partial charge in [-0.25, -0.2) is 0 Å². The minimum Gasteiger partial charge on any atom is -0.462 e. The average molecular weight is 1090 g/mol. The normalized spacial score (nSPS) is 12.0. The minimum atomic E-state index is -0.766. The van der Waals surface area contributed by atoms with Gasteiger partial charge in [0, 0.05) is 12.8 Å². The highest BCUT2D eigenvalue weighted by Crippen LogP contribution is 2.20. The topological polar surface area (TPSA) is 72.8 Å². The van der Waals surface area contributed by atoms with Crippen molar-refractivity contribution < 1.29 is 24.2 Å². The van der Waals surface area contributed by atoms with Crippen molar-refractivity contribution in [1.29, 1.82) is 0 Å². The second kappa shape index (κ2) is 69.2. The molecule has 0 amide bonds. The molecule has 1 atom stereocenters. The molecule has 0 fully saturated rings. The Morgan fingerprint density at radius 3 is 0.571 bits per heavy atom. The highest BCUT2D eigenvalue weighted by Gasteiger charge is 2.16. The molecule has 1 unspecified atom stereocenters. The van der Waals surface area contributed by atoms with Crippen LogP contribution in [0.3, 0.4) is 0 Å². The maximum absolute atomic E-state index is 12.4. The van der Waals surface area contributed by atoms with Gasteiger partial charge in [-0.15, -0.1) is 0 Å². The second-order valence-electron chi connectivity index (χ2n) is 25.0. The van der Waals surface area contributed by atoms with E-state index in [4.69, 9.17) is 9.47 Å². The van der Waals surface area contributed by atoms with Gasteiger partial charge in [0.05, 0.1) is 6.61 Å². The molecule has 0 aliphatic heterocycles. The van der Waals surface area contributed by atoms with Crippen molar-refractivity contribution in [2.75, 3.05) is 13.2 Å². The molecule has 77 heavy (non-hydrogen) atoms. The summed E-state index contributed by atoms with van der Waals surface area (Å²) in [5.41, 5.74) is 0. The number of carbonyl (C=O) groups excluding carboxylic acids is 2. The van der Waals surface area contributed by atoms with E-state index in [1.807, 2.05) is 0 Å². The summed E-state index contributed by atoms with van der Waals surface area (Å²) < 4.78 is 10.8. The van der Waals surface area contributed by atoms with Crippen LogP contribution in [0.25, 0.3) is 0 Å². The van der Waals surface area contributed by atoms with Crippen LogP contribution in [0.2, 0.25) is 0 Å². The predicted molar refractivity (Wildman–Crippen MR) is 339 cm³/mol. The van der Waals surface area contributed by atoms with E-state index in [1.54, 1.807) is 0 Å². The fraction of sp³-hybridized carbons (Fsp3) is 0.972. The first-order chi connectivity index (χ1) is 38.1. The SMILES string of the molecule is CCCCCCCCCCCCCCCCCCCCCCCCCCCCCCCCCCCC(=O)OC(CO)COC(=O)CCCCCCCCCCCCCCCCCCCCCCCCCCCCCCCC. The summed E-state index contributed by atoms with van der Waals surface area (Å²) in [6.45, 7) is 4.23. The Balaban J connectivity index is 3.34. The quantitative estimate of drug-likeness (QED) is 0.0485. The zero-order chi connectivity index (χ0) is 55.5. The van der Waals surface area contributed by atoms with Gasteiger partial charge >= 0.3 is 11.9 Å². The molecule has 0 aromatic rings. The Labute approximate surface area is 484 Å². The van der Waals surface area contributed by atoms with Crippen LogP contribution in [0, 0.1) is 0 Å². The molecule has 0 radical (unpaired) electrons. The van der Waals surface area contributed by atoms with Gasteiger partial charge < -0.3 is 14.6 Å². The van der Waals surface area contributed by atoms with Crippen molar-refractivity contribution in [1.82, 2.24) is 0 Å². The Morgan fingerprint density at radius 1 is 0.247 bits per heavy atom. The van der Waals surface area contributed by atoms with Crippen molar-refractivity contribution in [3.8, 4) is 0 Å². The van der Waals surface area contributed by atoms with Crippen LogP contribution < -0.4 is 0 Å². The fourth-order valence-corrected chi connectivity index (χ4v) is 11.7. The Bertz CT molecular complexity index is 1090. The van der Waals surface area contributed by atoms with Crippen LogP contribution in [0.15, 0.2) is 0 Å². The van der Waals surface area contributed by atoms with Crippen molar-refractivity contribution in [3.05, 3.63) is 0 Å². The molecule has 0 aliphatic rings. The van der Waals surface area contributed by atoms with Gasteiger partial charge in [-0.05, 0) is 12.8 Å². The summed E-state index contributed by atoms with van der Waals surface area (Å²) in [6.07, 6.45) is 87.4. The van der Waals surface area contributed by atoms with E-state index in [0.717, 1.165) is 32.1 Å². The molecule has 0 spiro atoms. The molecule has 0 aromatic heterocycles. The van der Waals surface area contributed by atoms with E-state index < -0.39 is 6.10 Å². The number of unbranched alkanes of at least 4 members (excludes halogenated alkanes) is 61. The van der Waals surface area contributed by atoms with Crippen LogP contribution in [0.5, 0.6) is 0 Å². The van der Waals surface area contributed by atoms with Crippen LogP contribution in [-0.4, -0.2) is 36.4 Å². The highest BCUT2D eigenvalue weighted by molar-refractivity contribution is 5.70. The van der Waals surface area contributed by atoms with Gasteiger partial charge in [0.25, 0.3) is 0 Å². The lowest BCUT2D eigenvalue weighted by Crippen LogP contribution is -2.28. The predicted octanol–water partition coefficient (Wildman–Crippen LogP) is 24.8. The Morgan fingerprint density at radius 2 is 0.403 bits per heavy atom. The van der Waals surface area contributed by atoms with Crippen LogP contribution >= 0.6 is 0 Å². The van der Waals surface area contributed by atoms with E-state index >= 15 is 0 Å². The molecule has 1 N–H and O–H groups in total. The Kier molecular flexibility index (Phi) is 68.2. The number of ether oxygens (including phenoxy) is 2. The largest absolute Gasteiger partial charge is 0.462 e. The monoisotopic (exact) mass is 1090 g/mol. The number of carbonyl (C=O) groups is 2. The van der Waals surface area contributed by atoms with E-state index in [9.17, 15) is 14.7 Å². The fourth-order valence-electron chi connectivity index (χ4n) is 11.7. The Hall–Kier alpha value is -1.10. The third-order valence-electron chi connectivity index (χ3n) is 17.2. The molecule has 460 valence electrons. The van der Waals surface area contributed by atoms with E-state index in [-0.39, 0.29) is 25.2 Å². The zero-order valence-electron chi connectivity index (χ0n) is 53.0. The average Bonchev–Trinajstić information content (AvgIpc) is 3.43. The van der Waals surface area contributed by atoms with Crippen LogP contribution in [0.1, 0.15) is 431 Å². The standard InChI is InChI=1S/C72H142O5/c1-3-5-7-9-11-13-15-17-19-21-23-25-27-29-31-33-35-36-37-39-41-43-45-47-49-51-53-55-57-59-61-63-65-67-72(75)77-70(68-73)69-76-71(74)66-64-62-60-58-56-54-52-50-48-46-44-42-40-38-34-32-30-28-26-24-22-20-18-16-14-12-10-8-6-4-2/h70,73H,3-69H2,1-2H3. The molecule has 0 saturated carbocycles. The molecule has 0 aromatic carbocycles. The number of aliphatic hydroxyl groups is 1. The number of hydrogen-bond donors (Lipinski definition) is 1. The summed E-state index contributed by atoms with van der Waals surface area (Å²) in [7, 11) is 0. The van der Waals surface area contributed by atoms with Crippen molar-refractivity contribution in [2.24, 2.45) is 0 Å². The first kappa shape index (κ1) is 75.9. The molecule has 0 rings (SSSR count). The summed E-state index contributed by atoms with van der Waals surface area (Å²) in [5.74, 6) is -0.557. The molecule has 0 heterocycles. The summed E-state index contributed by atoms with van der Waals surface area (Å²) in [6, 6.07) is 0. The molecule has 0 bridgehead atoms. The van der Waals surface area contributed by atoms with Crippen molar-refractivity contribution >= 4 is 11.9 Å². The number of hydrogen-bond acceptors (Lipinski definition) is 5. The van der Waals surface area contributed by atoms with Gasteiger partial charge in [-0.3, -0.25) is 9.59 Å². The molecular weight excluding hydrogens is 945 g/mol. The van der Waals surface area contributed by atoms with E-state index in [0.29, 0.717) is 12.8 Å². The highest BCUT2D eigenvalue weighted by atomic mass is 16.6. The summed E-state index contributed by atoms with van der Waals surface area (Å²) in [4.78, 5) is 24.7. The summed E-state index contributed by atoms with van der Waals surface area (Å²) in [5, 5.41) is 9.70. The van der Waals surface area contributed by atoms with Gasteiger partial charge in [0.1, 0.15) is 6.61 Å². The minimum absolute atomic E-state index is 0.0552. The third-order valence-corrected chi connectivity index (χ3v) is 17.2. The molecular formula is C72H142O5. The lowest BCUT2D eigenvalue weighted by atomic mass is 10.0. The first-order valence-corrected chi connectivity index (χ1v) is 36.1. The number of rotatable bonds is 69. The van der Waals surface area contributed by atoms with E-state index in [1.165, 1.54) is 372 Å². The number of esters is 2. The first-order valence-electron chi connectivity index (χ1n) is 36.1. The number of aliphatic hydroxyl groups excluding tert-OH is 1. The molecule has 0 aliphatic carbocycles. The maximum atomic E-state index is 12.4. The zero-order valence-corrected chi connectivity index (χ0v) is 53.0. The summed E-state index contributed by atoms with van der Waals surface area (Å²) >= 11 is 0. The van der Waals surface area contributed by atoms with Crippen LogP contribution in [-0.2, 0) is 19.1 Å².